The predicted molar refractivity (Wildman–Crippen MR) is 169 cm³/mol. The van der Waals surface area contributed by atoms with Gasteiger partial charge in [0.2, 0.25) is 0 Å². The van der Waals surface area contributed by atoms with Crippen LogP contribution in [0.25, 0.3) is 11.3 Å². The molecule has 2 aromatic carbocycles. The fourth-order valence-corrected chi connectivity index (χ4v) is 6.37. The molecule has 1 unspecified atom stereocenters. The van der Waals surface area contributed by atoms with E-state index in [1.807, 2.05) is 18.3 Å². The number of aromatic nitrogens is 2. The largest absolute Gasteiger partial charge is 0.507 e. The molecule has 1 saturated heterocycles. The highest BCUT2D eigenvalue weighted by molar-refractivity contribution is 6.30. The first-order valence-electron chi connectivity index (χ1n) is 14.9. The Kier molecular flexibility index (Phi) is 8.95. The van der Waals surface area contributed by atoms with Crippen LogP contribution in [0, 0.1) is 11.7 Å². The predicted octanol–water partition coefficient (Wildman–Crippen LogP) is 6.42. The molecule has 0 radical (unpaired) electrons. The number of pyridine rings is 2. The van der Waals surface area contributed by atoms with Gasteiger partial charge in [-0.15, -0.1) is 0 Å². The van der Waals surface area contributed by atoms with Crippen molar-refractivity contribution in [2.24, 2.45) is 5.92 Å². The van der Waals surface area contributed by atoms with Crippen LogP contribution in [0.2, 0.25) is 5.02 Å². The minimum Gasteiger partial charge on any atom is -0.507 e. The van der Waals surface area contributed by atoms with Gasteiger partial charge in [-0.25, -0.2) is 4.39 Å². The summed E-state index contributed by atoms with van der Waals surface area (Å²) in [6.07, 6.45) is 6.27. The standard InChI is InChI=1S/C34H35ClFN5O3/c1-40-14-10-22(11-15-40)25(9-13-38-34(43)26-4-2-3-5-32(26)42)29-19-24(8-12-37-29)41-16-17-44-33-21-39-30(20-31(33)41)27-18-23(35)6-7-28(27)36/h2-8,12,18-22,25,42H,9-11,13-17H2,1H3,(H,38,43). The van der Waals surface area contributed by atoms with Crippen LogP contribution in [0.4, 0.5) is 15.8 Å². The van der Waals surface area contributed by atoms with Crippen LogP contribution in [0.1, 0.15) is 41.2 Å². The molecule has 4 heterocycles. The number of phenolic OH excluding ortho intramolecular Hbond substituents is 1. The molecule has 1 amide bonds. The molecule has 2 aromatic heterocycles. The van der Waals surface area contributed by atoms with Crippen LogP contribution >= 0.6 is 11.6 Å². The highest BCUT2D eigenvalue weighted by Crippen LogP contribution is 2.41. The van der Waals surface area contributed by atoms with Gasteiger partial charge in [0.1, 0.15) is 18.2 Å². The highest BCUT2D eigenvalue weighted by Gasteiger charge is 2.29. The van der Waals surface area contributed by atoms with Gasteiger partial charge in [-0.3, -0.25) is 14.8 Å². The average Bonchev–Trinajstić information content (AvgIpc) is 3.04. The number of ether oxygens (including phenoxy) is 1. The lowest BCUT2D eigenvalue weighted by Crippen LogP contribution is -2.34. The first kappa shape index (κ1) is 29.8. The molecule has 2 aliphatic rings. The molecule has 0 bridgehead atoms. The number of amides is 1. The first-order chi connectivity index (χ1) is 21.4. The zero-order valence-electron chi connectivity index (χ0n) is 24.5. The molecule has 4 aromatic rings. The lowest BCUT2D eigenvalue weighted by molar-refractivity contribution is 0.0947. The van der Waals surface area contributed by atoms with Crippen molar-refractivity contribution in [1.82, 2.24) is 20.2 Å². The molecule has 0 saturated carbocycles. The third-order valence-electron chi connectivity index (χ3n) is 8.59. The second-order valence-electron chi connectivity index (χ2n) is 11.4. The van der Waals surface area contributed by atoms with Gasteiger partial charge in [-0.2, -0.15) is 0 Å². The maximum atomic E-state index is 14.7. The summed E-state index contributed by atoms with van der Waals surface area (Å²) in [5.74, 6) is 0.439. The number of para-hydroxylation sites is 1. The molecule has 44 heavy (non-hydrogen) atoms. The van der Waals surface area contributed by atoms with Crippen LogP contribution < -0.4 is 15.0 Å². The van der Waals surface area contributed by atoms with Gasteiger partial charge >= 0.3 is 0 Å². The van der Waals surface area contributed by atoms with Gasteiger partial charge in [-0.05, 0) is 93.8 Å². The zero-order chi connectivity index (χ0) is 30.6. The van der Waals surface area contributed by atoms with E-state index in [2.05, 4.69) is 33.2 Å². The van der Waals surface area contributed by atoms with Crippen molar-refractivity contribution >= 4 is 28.9 Å². The summed E-state index contributed by atoms with van der Waals surface area (Å²) in [6.45, 7) is 3.56. The summed E-state index contributed by atoms with van der Waals surface area (Å²) in [5, 5.41) is 13.5. The number of phenols is 1. The second kappa shape index (κ2) is 13.2. The third kappa shape index (κ3) is 6.49. The number of carbonyl (C=O) groups excluding carboxylic acids is 1. The zero-order valence-corrected chi connectivity index (χ0v) is 25.3. The number of likely N-dealkylation sites (tertiary alicyclic amines) is 1. The number of carbonyl (C=O) groups is 1. The van der Waals surface area contributed by atoms with E-state index in [-0.39, 0.29) is 23.1 Å². The lowest BCUT2D eigenvalue weighted by Gasteiger charge is -2.35. The molecule has 228 valence electrons. The Labute approximate surface area is 261 Å². The second-order valence-corrected chi connectivity index (χ2v) is 11.8. The van der Waals surface area contributed by atoms with E-state index in [4.69, 9.17) is 21.3 Å². The number of aromatic hydroxyl groups is 1. The number of benzene rings is 2. The summed E-state index contributed by atoms with van der Waals surface area (Å²) < 4.78 is 20.6. The maximum Gasteiger partial charge on any atom is 0.255 e. The van der Waals surface area contributed by atoms with E-state index in [1.165, 1.54) is 18.2 Å². The lowest BCUT2D eigenvalue weighted by atomic mass is 9.80. The SMILES string of the molecule is CN1CCC(C(CCNC(=O)c2ccccc2O)c2cc(N3CCOc4cnc(-c5cc(Cl)ccc5F)cc43)ccn2)CC1. The molecule has 8 nitrogen and oxygen atoms in total. The summed E-state index contributed by atoms with van der Waals surface area (Å²) in [6, 6.07) is 16.9. The Morgan fingerprint density at radius 1 is 1.11 bits per heavy atom. The van der Waals surface area contributed by atoms with Crippen molar-refractivity contribution in [2.45, 2.75) is 25.2 Å². The molecular formula is C34H35ClFN5O3. The van der Waals surface area contributed by atoms with E-state index in [9.17, 15) is 14.3 Å². The van der Waals surface area contributed by atoms with Crippen molar-refractivity contribution < 1.29 is 19.0 Å². The first-order valence-corrected chi connectivity index (χ1v) is 15.3. The van der Waals surface area contributed by atoms with Crippen LogP contribution in [0.5, 0.6) is 11.5 Å². The molecule has 1 atom stereocenters. The minimum atomic E-state index is -0.396. The van der Waals surface area contributed by atoms with Gasteiger partial charge in [0.15, 0.2) is 5.75 Å². The number of hydrogen-bond acceptors (Lipinski definition) is 7. The Balaban J connectivity index is 1.27. The summed E-state index contributed by atoms with van der Waals surface area (Å²) in [7, 11) is 2.14. The summed E-state index contributed by atoms with van der Waals surface area (Å²) in [4.78, 5) is 26.6. The highest BCUT2D eigenvalue weighted by atomic mass is 35.5. The number of anilines is 2. The maximum absolute atomic E-state index is 14.7. The van der Waals surface area contributed by atoms with Gasteiger partial charge in [0.05, 0.1) is 29.7 Å². The van der Waals surface area contributed by atoms with Gasteiger partial charge in [0, 0.05) is 40.6 Å². The fourth-order valence-electron chi connectivity index (χ4n) is 6.20. The van der Waals surface area contributed by atoms with Crippen LogP contribution in [0.3, 0.4) is 0 Å². The third-order valence-corrected chi connectivity index (χ3v) is 8.83. The Bertz CT molecular complexity index is 1650. The number of hydrogen-bond donors (Lipinski definition) is 2. The number of nitrogens with zero attached hydrogens (tertiary/aromatic N) is 4. The van der Waals surface area contributed by atoms with Crippen molar-refractivity contribution in [3.63, 3.8) is 0 Å². The summed E-state index contributed by atoms with van der Waals surface area (Å²) in [5.41, 5.74) is 3.79. The van der Waals surface area contributed by atoms with Gasteiger partial charge < -0.3 is 25.0 Å². The number of rotatable bonds is 8. The van der Waals surface area contributed by atoms with Crippen molar-refractivity contribution in [2.75, 3.05) is 44.7 Å². The monoisotopic (exact) mass is 615 g/mol. The van der Waals surface area contributed by atoms with E-state index in [0.717, 1.165) is 43.0 Å². The molecule has 2 aliphatic heterocycles. The van der Waals surface area contributed by atoms with Crippen molar-refractivity contribution in [3.8, 4) is 22.8 Å². The molecule has 1 fully saturated rings. The fraction of sp³-hybridized carbons (Fsp3) is 0.324. The Hall–Kier alpha value is -4.21. The van der Waals surface area contributed by atoms with Gasteiger partial charge in [-0.1, -0.05) is 23.7 Å². The van der Waals surface area contributed by atoms with Crippen LogP contribution in [0.15, 0.2) is 73.1 Å². The Morgan fingerprint density at radius 3 is 2.75 bits per heavy atom. The molecule has 0 spiro atoms. The van der Waals surface area contributed by atoms with Crippen LogP contribution in [-0.4, -0.2) is 65.7 Å². The van der Waals surface area contributed by atoms with E-state index >= 15 is 0 Å². The van der Waals surface area contributed by atoms with E-state index < -0.39 is 5.82 Å². The summed E-state index contributed by atoms with van der Waals surface area (Å²) >= 11 is 6.17. The smallest absolute Gasteiger partial charge is 0.255 e. The molecule has 2 N–H and O–H groups in total. The van der Waals surface area contributed by atoms with Crippen molar-refractivity contribution in [1.29, 1.82) is 0 Å². The minimum absolute atomic E-state index is 0.0338. The number of nitrogens with one attached hydrogen (secondary N) is 1. The average molecular weight is 616 g/mol. The number of fused-ring (bicyclic) bond motifs is 1. The van der Waals surface area contributed by atoms with Crippen molar-refractivity contribution in [3.05, 3.63) is 95.2 Å². The molecule has 0 aliphatic carbocycles. The molecule has 10 heteroatoms. The topological polar surface area (TPSA) is 90.8 Å². The number of halogens is 2. The number of piperidine rings is 1. The normalized spacial score (nSPS) is 16.2. The van der Waals surface area contributed by atoms with Gasteiger partial charge in [0.25, 0.3) is 5.91 Å². The quantitative estimate of drug-likeness (QED) is 0.236. The van der Waals surface area contributed by atoms with E-state index in [0.29, 0.717) is 54.1 Å². The molecule has 6 rings (SSSR count). The van der Waals surface area contributed by atoms with Crippen LogP contribution in [-0.2, 0) is 0 Å². The molecular weight excluding hydrogens is 581 g/mol. The van der Waals surface area contributed by atoms with E-state index in [1.54, 1.807) is 30.5 Å². The Morgan fingerprint density at radius 2 is 1.93 bits per heavy atom.